The smallest absolute Gasteiger partial charge is 0.143 e. The van der Waals surface area contributed by atoms with E-state index in [2.05, 4.69) is 51.2 Å². The summed E-state index contributed by atoms with van der Waals surface area (Å²) in [6.45, 7) is 12.8. The van der Waals surface area contributed by atoms with Crippen molar-refractivity contribution >= 4 is 6.29 Å². The van der Waals surface area contributed by atoms with Gasteiger partial charge in [0, 0.05) is 0 Å². The molecule has 0 aliphatic heterocycles. The van der Waals surface area contributed by atoms with Gasteiger partial charge in [-0.05, 0) is 89.2 Å². The second kappa shape index (κ2) is 14.4. The molecule has 0 spiro atoms. The van der Waals surface area contributed by atoms with E-state index in [0.29, 0.717) is 0 Å². The van der Waals surface area contributed by atoms with Crippen molar-refractivity contribution in [3.05, 3.63) is 58.7 Å². The fraction of sp³-hybridized carbons (Fsp3) is 0.542. The third kappa shape index (κ3) is 11.6. The Morgan fingerprint density at radius 1 is 1.19 bits per heavy atom. The molecule has 0 heterocycles. The molecule has 3 heteroatoms. The Kier molecular flexibility index (Phi) is 13.5. The van der Waals surface area contributed by atoms with E-state index in [1.165, 1.54) is 36.0 Å². The third-order valence-corrected chi connectivity index (χ3v) is 4.74. The molecule has 0 aromatic rings. The molecule has 0 aromatic heterocycles. The van der Waals surface area contributed by atoms with E-state index < -0.39 is 0 Å². The second-order valence-corrected chi connectivity index (χ2v) is 7.83. The van der Waals surface area contributed by atoms with Crippen molar-refractivity contribution in [1.82, 2.24) is 5.32 Å². The normalized spacial score (nSPS) is 18.0. The highest BCUT2D eigenvalue weighted by Crippen LogP contribution is 2.40. The highest BCUT2D eigenvalue weighted by atomic mass is 16.1. The molecule has 0 saturated heterocycles. The van der Waals surface area contributed by atoms with Gasteiger partial charge in [-0.15, -0.1) is 0 Å². The molecule has 1 aliphatic rings. The van der Waals surface area contributed by atoms with Crippen LogP contribution in [0.3, 0.4) is 0 Å². The number of hydrogen-bond acceptors (Lipinski definition) is 3. The van der Waals surface area contributed by atoms with E-state index in [9.17, 15) is 4.79 Å². The summed E-state index contributed by atoms with van der Waals surface area (Å²) in [5, 5.41) is 2.99. The monoisotopic (exact) mass is 372 g/mol. The van der Waals surface area contributed by atoms with Gasteiger partial charge in [0.2, 0.25) is 0 Å². The van der Waals surface area contributed by atoms with Gasteiger partial charge >= 0.3 is 0 Å². The molecule has 1 rings (SSSR count). The Morgan fingerprint density at radius 3 is 2.37 bits per heavy atom. The minimum Gasteiger partial charge on any atom is -0.330 e. The SMILES string of the molecule is CC1=C(/C=C/C(C)=C/C=C/C(C)=C/C=O)C(C)(C)CCC1.CNCCCN. The first-order chi connectivity index (χ1) is 12.8. The first-order valence-corrected chi connectivity index (χ1v) is 9.98. The minimum absolute atomic E-state index is 0.290. The van der Waals surface area contributed by atoms with E-state index in [0.717, 1.165) is 31.4 Å². The average molecular weight is 373 g/mol. The molecule has 0 radical (unpaired) electrons. The lowest BCUT2D eigenvalue weighted by Crippen LogP contribution is -2.19. The van der Waals surface area contributed by atoms with E-state index >= 15 is 0 Å². The zero-order chi connectivity index (χ0) is 20.7. The molecule has 3 nitrogen and oxygen atoms in total. The summed E-state index contributed by atoms with van der Waals surface area (Å²) < 4.78 is 0. The Balaban J connectivity index is 0.000000972. The van der Waals surface area contributed by atoms with Crippen LogP contribution in [-0.4, -0.2) is 26.4 Å². The summed E-state index contributed by atoms with van der Waals surface area (Å²) >= 11 is 0. The van der Waals surface area contributed by atoms with Crippen LogP contribution >= 0.6 is 0 Å². The molecule has 3 N–H and O–H groups in total. The first-order valence-electron chi connectivity index (χ1n) is 9.98. The van der Waals surface area contributed by atoms with E-state index in [4.69, 9.17) is 5.73 Å². The van der Waals surface area contributed by atoms with E-state index in [1.807, 2.05) is 26.1 Å². The van der Waals surface area contributed by atoms with Gasteiger partial charge < -0.3 is 11.1 Å². The van der Waals surface area contributed by atoms with Crippen LogP contribution in [-0.2, 0) is 4.79 Å². The summed E-state index contributed by atoms with van der Waals surface area (Å²) in [6.07, 6.45) is 17.7. The summed E-state index contributed by atoms with van der Waals surface area (Å²) in [6, 6.07) is 0. The fourth-order valence-electron chi connectivity index (χ4n) is 3.07. The maximum absolute atomic E-state index is 10.3. The van der Waals surface area contributed by atoms with Gasteiger partial charge in [0.15, 0.2) is 0 Å². The van der Waals surface area contributed by atoms with Gasteiger partial charge in [-0.25, -0.2) is 0 Å². The lowest BCUT2D eigenvalue weighted by Gasteiger charge is -2.32. The van der Waals surface area contributed by atoms with Crippen molar-refractivity contribution in [2.24, 2.45) is 11.1 Å². The van der Waals surface area contributed by atoms with Crippen LogP contribution in [0.1, 0.15) is 60.3 Å². The maximum Gasteiger partial charge on any atom is 0.143 e. The third-order valence-electron chi connectivity index (χ3n) is 4.74. The first kappa shape index (κ1) is 25.3. The lowest BCUT2D eigenvalue weighted by molar-refractivity contribution is -0.104. The van der Waals surface area contributed by atoms with Crippen molar-refractivity contribution < 1.29 is 4.79 Å². The number of allylic oxidation sites excluding steroid dienone is 10. The maximum atomic E-state index is 10.3. The van der Waals surface area contributed by atoms with Crippen LogP contribution in [0.25, 0.3) is 0 Å². The fourth-order valence-corrected chi connectivity index (χ4v) is 3.07. The van der Waals surface area contributed by atoms with Crippen LogP contribution in [0.2, 0.25) is 0 Å². The molecule has 0 bridgehead atoms. The number of nitrogens with one attached hydrogen (secondary N) is 1. The molecule has 0 atom stereocenters. The van der Waals surface area contributed by atoms with Gasteiger partial charge in [-0.2, -0.15) is 0 Å². The molecule has 0 fully saturated rings. The van der Waals surface area contributed by atoms with Crippen molar-refractivity contribution in [1.29, 1.82) is 0 Å². The summed E-state index contributed by atoms with van der Waals surface area (Å²) in [4.78, 5) is 10.3. The van der Waals surface area contributed by atoms with Gasteiger partial charge in [0.25, 0.3) is 0 Å². The van der Waals surface area contributed by atoms with Crippen LogP contribution in [0.4, 0.5) is 0 Å². The highest BCUT2D eigenvalue weighted by Gasteiger charge is 2.26. The van der Waals surface area contributed by atoms with Crippen LogP contribution in [0.5, 0.6) is 0 Å². The number of carbonyl (C=O) groups excluding carboxylic acids is 1. The molecule has 1 aliphatic carbocycles. The Labute approximate surface area is 167 Å². The van der Waals surface area contributed by atoms with E-state index in [-0.39, 0.29) is 5.41 Å². The quantitative estimate of drug-likeness (QED) is 0.264. The summed E-state index contributed by atoms with van der Waals surface area (Å²) in [5.41, 5.74) is 10.7. The van der Waals surface area contributed by atoms with Crippen molar-refractivity contribution in [3.8, 4) is 0 Å². The largest absolute Gasteiger partial charge is 0.330 e. The van der Waals surface area contributed by atoms with E-state index in [1.54, 1.807) is 6.08 Å². The number of rotatable bonds is 8. The molecule has 27 heavy (non-hydrogen) atoms. The van der Waals surface area contributed by atoms with Gasteiger partial charge in [-0.3, -0.25) is 4.79 Å². The average Bonchev–Trinajstić information content (AvgIpc) is 2.59. The molecule has 0 amide bonds. The Hall–Kier alpha value is -1.71. The van der Waals surface area contributed by atoms with Gasteiger partial charge in [0.1, 0.15) is 6.29 Å². The van der Waals surface area contributed by atoms with Gasteiger partial charge in [-0.1, -0.05) is 55.4 Å². The number of carbonyl (C=O) groups is 1. The van der Waals surface area contributed by atoms with Crippen molar-refractivity contribution in [3.63, 3.8) is 0 Å². The molecule has 0 unspecified atom stereocenters. The molecular formula is C24H40N2O. The lowest BCUT2D eigenvalue weighted by atomic mass is 9.72. The van der Waals surface area contributed by atoms with Gasteiger partial charge in [0.05, 0.1) is 0 Å². The zero-order valence-corrected chi connectivity index (χ0v) is 18.3. The van der Waals surface area contributed by atoms with Crippen LogP contribution in [0, 0.1) is 5.41 Å². The minimum atomic E-state index is 0.290. The highest BCUT2D eigenvalue weighted by molar-refractivity contribution is 5.66. The van der Waals surface area contributed by atoms with Crippen molar-refractivity contribution in [2.45, 2.75) is 60.3 Å². The molecule has 152 valence electrons. The molecule has 0 saturated carbocycles. The molecule has 0 aromatic carbocycles. The number of nitrogens with two attached hydrogens (primary N) is 1. The Morgan fingerprint density at radius 2 is 1.85 bits per heavy atom. The standard InChI is InChI=1S/C20H28O.C4H12N2/c1-16(8-6-9-17(2)13-15-21)11-12-19-18(3)10-7-14-20(19,4)5;1-6-4-2-3-5/h6,8-9,11-13,15H,7,10,14H2,1-5H3;6H,2-5H2,1H3/b9-6+,12-11+,16-8+,17-13+;. The van der Waals surface area contributed by atoms with Crippen molar-refractivity contribution in [2.75, 3.05) is 20.1 Å². The zero-order valence-electron chi connectivity index (χ0n) is 18.3. The van der Waals surface area contributed by atoms with Crippen LogP contribution in [0.15, 0.2) is 58.7 Å². The topological polar surface area (TPSA) is 55.1 Å². The molecular weight excluding hydrogens is 332 g/mol. The van der Waals surface area contributed by atoms with Crippen LogP contribution < -0.4 is 11.1 Å². The summed E-state index contributed by atoms with van der Waals surface area (Å²) in [5.74, 6) is 0. The Bertz CT molecular complexity index is 586. The predicted octanol–water partition coefficient (Wildman–Crippen LogP) is 5.27. The number of aldehydes is 1. The summed E-state index contributed by atoms with van der Waals surface area (Å²) in [7, 11) is 1.93. The number of hydrogen-bond donors (Lipinski definition) is 2. The second-order valence-electron chi connectivity index (χ2n) is 7.83. The predicted molar refractivity (Wildman–Crippen MR) is 120 cm³/mol.